The Morgan fingerprint density at radius 2 is 2.38 bits per heavy atom. The maximum atomic E-state index is 12.4. The number of carbonyl (C=O) groups is 2. The van der Waals surface area contributed by atoms with Gasteiger partial charge >= 0.3 is 0 Å². The summed E-state index contributed by atoms with van der Waals surface area (Å²) in [6.45, 7) is 4.01. The molecule has 2 heterocycles. The number of amides is 2. The first-order valence-corrected chi connectivity index (χ1v) is 8.72. The standard InChI is InChI=1S/C15H16ClN5O2S/c1-7(5-18-13(22)10-3-9(10)4-17)19-14(23)11-12(16)20-15-21(11)6-8(2)24-15/h6-7,9-10H,3,5H2,1-2H3,(H,18,22)(H,19,23)/t7-,9+,10-/m1/s1. The van der Waals surface area contributed by atoms with Crippen LogP contribution < -0.4 is 10.6 Å². The molecule has 126 valence electrons. The molecule has 7 nitrogen and oxygen atoms in total. The third kappa shape index (κ3) is 3.23. The number of fused-ring (bicyclic) bond motifs is 1. The van der Waals surface area contributed by atoms with E-state index < -0.39 is 0 Å². The first-order chi connectivity index (χ1) is 11.4. The van der Waals surface area contributed by atoms with E-state index in [2.05, 4.69) is 21.7 Å². The number of carbonyl (C=O) groups excluding carboxylic acids is 2. The quantitative estimate of drug-likeness (QED) is 0.843. The van der Waals surface area contributed by atoms with Crippen LogP contribution in [0.3, 0.4) is 0 Å². The molecule has 0 aliphatic heterocycles. The lowest BCUT2D eigenvalue weighted by molar-refractivity contribution is -0.122. The molecule has 3 rings (SSSR count). The summed E-state index contributed by atoms with van der Waals surface area (Å²) in [7, 11) is 0. The second-order valence-electron chi connectivity index (χ2n) is 5.94. The average molecular weight is 366 g/mol. The van der Waals surface area contributed by atoms with Gasteiger partial charge in [-0.15, -0.1) is 11.3 Å². The van der Waals surface area contributed by atoms with E-state index in [9.17, 15) is 9.59 Å². The zero-order chi connectivity index (χ0) is 17.4. The van der Waals surface area contributed by atoms with Crippen molar-refractivity contribution in [3.63, 3.8) is 0 Å². The average Bonchev–Trinajstić information content (AvgIpc) is 3.14. The first kappa shape index (κ1) is 16.7. The number of aromatic nitrogens is 2. The molecule has 1 fully saturated rings. The van der Waals surface area contributed by atoms with Crippen molar-refractivity contribution in [3.05, 3.63) is 21.9 Å². The fourth-order valence-corrected chi connectivity index (χ4v) is 3.62. The summed E-state index contributed by atoms with van der Waals surface area (Å²) in [6, 6.07) is 1.80. The Morgan fingerprint density at radius 1 is 1.62 bits per heavy atom. The van der Waals surface area contributed by atoms with Crippen molar-refractivity contribution in [2.45, 2.75) is 26.3 Å². The van der Waals surface area contributed by atoms with Gasteiger partial charge in [0.05, 0.1) is 17.9 Å². The van der Waals surface area contributed by atoms with Crippen molar-refractivity contribution in [3.8, 4) is 6.07 Å². The molecule has 0 unspecified atom stereocenters. The molecular weight excluding hydrogens is 350 g/mol. The number of imidazole rings is 1. The van der Waals surface area contributed by atoms with E-state index in [4.69, 9.17) is 16.9 Å². The molecule has 0 saturated heterocycles. The third-order valence-electron chi connectivity index (χ3n) is 3.87. The minimum atomic E-state index is -0.339. The maximum absolute atomic E-state index is 12.4. The van der Waals surface area contributed by atoms with Crippen LogP contribution in [0.25, 0.3) is 4.96 Å². The molecule has 0 radical (unpaired) electrons. The first-order valence-electron chi connectivity index (χ1n) is 7.53. The van der Waals surface area contributed by atoms with Crippen molar-refractivity contribution in [2.24, 2.45) is 11.8 Å². The smallest absolute Gasteiger partial charge is 0.271 e. The van der Waals surface area contributed by atoms with Gasteiger partial charge in [-0.2, -0.15) is 5.26 Å². The van der Waals surface area contributed by atoms with Gasteiger partial charge in [0.15, 0.2) is 15.8 Å². The number of nitrogens with one attached hydrogen (secondary N) is 2. The van der Waals surface area contributed by atoms with E-state index in [-0.39, 0.29) is 34.8 Å². The largest absolute Gasteiger partial charge is 0.354 e. The van der Waals surface area contributed by atoms with Crippen molar-refractivity contribution in [1.82, 2.24) is 20.0 Å². The molecule has 0 bridgehead atoms. The van der Waals surface area contributed by atoms with Crippen LogP contribution in [-0.4, -0.2) is 33.8 Å². The van der Waals surface area contributed by atoms with Gasteiger partial charge in [0.2, 0.25) is 5.91 Å². The van der Waals surface area contributed by atoms with Gasteiger partial charge in [0.1, 0.15) is 0 Å². The Balaban J connectivity index is 1.58. The number of thiazole rings is 1. The molecule has 0 spiro atoms. The zero-order valence-electron chi connectivity index (χ0n) is 13.2. The highest BCUT2D eigenvalue weighted by atomic mass is 35.5. The second-order valence-corrected chi connectivity index (χ2v) is 7.51. The molecular formula is C15H16ClN5O2S. The predicted octanol–water partition coefficient (Wildman–Crippen LogP) is 1.75. The van der Waals surface area contributed by atoms with Crippen LogP contribution in [0.5, 0.6) is 0 Å². The number of nitrogens with zero attached hydrogens (tertiary/aromatic N) is 3. The lowest BCUT2D eigenvalue weighted by Gasteiger charge is -2.14. The molecule has 3 atom stereocenters. The molecule has 2 N–H and O–H groups in total. The number of hydrogen-bond donors (Lipinski definition) is 2. The molecule has 1 saturated carbocycles. The summed E-state index contributed by atoms with van der Waals surface area (Å²) in [5.41, 5.74) is 0.293. The van der Waals surface area contributed by atoms with Crippen molar-refractivity contribution in [2.75, 3.05) is 6.54 Å². The van der Waals surface area contributed by atoms with Gasteiger partial charge in [-0.3, -0.25) is 14.0 Å². The summed E-state index contributed by atoms with van der Waals surface area (Å²) < 4.78 is 1.67. The Hall–Kier alpha value is -2.11. The zero-order valence-corrected chi connectivity index (χ0v) is 14.7. The topological polar surface area (TPSA) is 99.3 Å². The molecule has 1 aliphatic rings. The highest BCUT2D eigenvalue weighted by molar-refractivity contribution is 7.17. The molecule has 1 aliphatic carbocycles. The van der Waals surface area contributed by atoms with Crippen molar-refractivity contribution in [1.29, 1.82) is 5.26 Å². The Bertz CT molecular complexity index is 852. The number of halogens is 1. The maximum Gasteiger partial charge on any atom is 0.271 e. The number of aryl methyl sites for hydroxylation is 1. The SMILES string of the molecule is Cc1cn2c(C(=O)N[C@H](C)CNC(=O)[C@@H]3C[C@H]3C#N)c(Cl)nc2s1. The molecule has 0 aromatic carbocycles. The van der Waals surface area contributed by atoms with Crippen molar-refractivity contribution < 1.29 is 9.59 Å². The Labute approximate surface area is 147 Å². The monoisotopic (exact) mass is 365 g/mol. The summed E-state index contributed by atoms with van der Waals surface area (Å²) in [5, 5.41) is 14.5. The second kappa shape index (κ2) is 6.42. The number of nitriles is 1. The molecule has 9 heteroatoms. The van der Waals surface area contributed by atoms with Crippen LogP contribution in [0, 0.1) is 30.1 Å². The third-order valence-corrected chi connectivity index (χ3v) is 5.03. The van der Waals surface area contributed by atoms with Crippen molar-refractivity contribution >= 4 is 39.7 Å². The van der Waals surface area contributed by atoms with Gasteiger partial charge < -0.3 is 10.6 Å². The molecule has 2 aromatic rings. The highest BCUT2D eigenvalue weighted by Crippen LogP contribution is 2.37. The van der Waals surface area contributed by atoms with E-state index >= 15 is 0 Å². The summed E-state index contributed by atoms with van der Waals surface area (Å²) in [4.78, 5) is 30.1. The normalized spacial score (nSPS) is 20.4. The van der Waals surface area contributed by atoms with Crippen LogP contribution in [0.15, 0.2) is 6.20 Å². The lowest BCUT2D eigenvalue weighted by atomic mass is 10.2. The van der Waals surface area contributed by atoms with Crippen LogP contribution in [0.2, 0.25) is 5.15 Å². The van der Waals surface area contributed by atoms with Gasteiger partial charge in [-0.05, 0) is 20.3 Å². The van der Waals surface area contributed by atoms with E-state index in [0.717, 1.165) is 4.88 Å². The molecule has 24 heavy (non-hydrogen) atoms. The lowest BCUT2D eigenvalue weighted by Crippen LogP contribution is -2.42. The van der Waals surface area contributed by atoms with Crippen LogP contribution in [0.1, 0.15) is 28.7 Å². The Morgan fingerprint density at radius 3 is 3.04 bits per heavy atom. The van der Waals surface area contributed by atoms with Gasteiger partial charge in [0, 0.05) is 23.7 Å². The van der Waals surface area contributed by atoms with Crippen LogP contribution >= 0.6 is 22.9 Å². The van der Waals surface area contributed by atoms with E-state index in [1.807, 2.05) is 13.1 Å². The van der Waals surface area contributed by atoms with Crippen LogP contribution in [-0.2, 0) is 4.79 Å². The van der Waals surface area contributed by atoms with Gasteiger partial charge in [-0.1, -0.05) is 11.6 Å². The fourth-order valence-electron chi connectivity index (χ4n) is 2.49. The predicted molar refractivity (Wildman–Crippen MR) is 90.0 cm³/mol. The summed E-state index contributed by atoms with van der Waals surface area (Å²) >= 11 is 7.52. The number of hydrogen-bond acceptors (Lipinski definition) is 5. The van der Waals surface area contributed by atoms with E-state index in [1.54, 1.807) is 11.3 Å². The van der Waals surface area contributed by atoms with Gasteiger partial charge in [0.25, 0.3) is 5.91 Å². The summed E-state index contributed by atoms with van der Waals surface area (Å²) in [6.07, 6.45) is 2.43. The highest BCUT2D eigenvalue weighted by Gasteiger charge is 2.43. The minimum Gasteiger partial charge on any atom is -0.354 e. The minimum absolute atomic E-state index is 0.138. The van der Waals surface area contributed by atoms with E-state index in [0.29, 0.717) is 23.6 Å². The summed E-state index contributed by atoms with van der Waals surface area (Å²) in [5.74, 6) is -0.861. The molecule has 2 amide bonds. The fraction of sp³-hybridized carbons (Fsp3) is 0.467. The number of rotatable bonds is 5. The van der Waals surface area contributed by atoms with Gasteiger partial charge in [-0.25, -0.2) is 4.98 Å². The molecule has 2 aromatic heterocycles. The Kier molecular flexibility index (Phi) is 4.47. The van der Waals surface area contributed by atoms with Crippen LogP contribution in [0.4, 0.5) is 0 Å². The van der Waals surface area contributed by atoms with E-state index in [1.165, 1.54) is 11.3 Å².